The maximum atomic E-state index is 11.9. The van der Waals surface area contributed by atoms with Gasteiger partial charge in [0.15, 0.2) is 11.3 Å². The number of non-ortho nitro benzene ring substituents is 1. The Balaban J connectivity index is 2.12. The number of rotatable bonds is 3. The summed E-state index contributed by atoms with van der Waals surface area (Å²) in [7, 11) is 0. The van der Waals surface area contributed by atoms with E-state index in [9.17, 15) is 20.0 Å². The number of aliphatic hydroxyl groups excluding tert-OH is 1. The molecule has 0 fully saturated rings. The Kier molecular flexibility index (Phi) is 3.60. The summed E-state index contributed by atoms with van der Waals surface area (Å²) < 4.78 is 5.07. The van der Waals surface area contributed by atoms with Crippen LogP contribution in [0.1, 0.15) is 11.3 Å². The van der Waals surface area contributed by atoms with Gasteiger partial charge in [-0.25, -0.2) is 9.78 Å². The van der Waals surface area contributed by atoms with Crippen molar-refractivity contribution < 1.29 is 14.4 Å². The van der Waals surface area contributed by atoms with Gasteiger partial charge < -0.3 is 9.52 Å². The van der Waals surface area contributed by atoms with E-state index in [1.165, 1.54) is 24.3 Å². The highest BCUT2D eigenvalue weighted by atomic mass is 16.6. The predicted octanol–water partition coefficient (Wildman–Crippen LogP) is 3.15. The van der Waals surface area contributed by atoms with Crippen LogP contribution >= 0.6 is 0 Å². The number of nitrogens with zero attached hydrogens (tertiary/aromatic N) is 2. The van der Waals surface area contributed by atoms with E-state index >= 15 is 0 Å². The van der Waals surface area contributed by atoms with Gasteiger partial charge in [0, 0.05) is 23.8 Å². The second kappa shape index (κ2) is 5.72. The van der Waals surface area contributed by atoms with Crippen LogP contribution in [0.3, 0.4) is 0 Å². The summed E-state index contributed by atoms with van der Waals surface area (Å²) in [6, 6.07) is 12.3. The van der Waals surface area contributed by atoms with Gasteiger partial charge in [-0.2, -0.15) is 0 Å². The average molecular weight is 310 g/mol. The Morgan fingerprint density at radius 1 is 1.22 bits per heavy atom. The van der Waals surface area contributed by atoms with Gasteiger partial charge in [-0.05, 0) is 6.07 Å². The first-order valence-electron chi connectivity index (χ1n) is 6.60. The predicted molar refractivity (Wildman–Crippen MR) is 83.9 cm³/mol. The number of fused-ring (bicyclic) bond motifs is 1. The van der Waals surface area contributed by atoms with Gasteiger partial charge in [0.2, 0.25) is 0 Å². The quantitative estimate of drug-likeness (QED) is 0.452. The summed E-state index contributed by atoms with van der Waals surface area (Å²) in [6.45, 7) is 0. The highest BCUT2D eigenvalue weighted by Crippen LogP contribution is 2.19. The molecule has 0 atom stereocenters. The van der Waals surface area contributed by atoms with E-state index < -0.39 is 10.5 Å². The number of aromatic nitrogens is 1. The molecule has 2 aromatic carbocycles. The molecule has 0 spiro atoms. The molecule has 0 amide bonds. The molecule has 0 radical (unpaired) electrons. The smallest absolute Gasteiger partial charge is 0.362 e. The highest BCUT2D eigenvalue weighted by molar-refractivity contribution is 5.79. The Labute approximate surface area is 129 Å². The molecule has 23 heavy (non-hydrogen) atoms. The van der Waals surface area contributed by atoms with Crippen molar-refractivity contribution in [3.63, 3.8) is 0 Å². The van der Waals surface area contributed by atoms with Crippen molar-refractivity contribution in [3.05, 3.63) is 80.3 Å². The maximum Gasteiger partial charge on any atom is 0.362 e. The Morgan fingerprint density at radius 2 is 1.96 bits per heavy atom. The molecule has 7 nitrogen and oxygen atoms in total. The second-order valence-corrected chi connectivity index (χ2v) is 4.69. The van der Waals surface area contributed by atoms with Gasteiger partial charge in [0.05, 0.1) is 4.92 Å². The molecule has 0 saturated carbocycles. The van der Waals surface area contributed by atoms with Crippen LogP contribution in [0, 0.1) is 10.1 Å². The number of hydrogen-bond acceptors (Lipinski definition) is 6. The summed E-state index contributed by atoms with van der Waals surface area (Å²) in [4.78, 5) is 26.2. The third-order valence-electron chi connectivity index (χ3n) is 3.15. The molecule has 1 N–H and O–H groups in total. The Hall–Kier alpha value is -3.48. The van der Waals surface area contributed by atoms with E-state index in [1.807, 2.05) is 0 Å². The fourth-order valence-electron chi connectivity index (χ4n) is 2.03. The number of nitro benzene ring substituents is 1. The molecule has 0 aliphatic heterocycles. The molecule has 0 bridgehead atoms. The van der Waals surface area contributed by atoms with E-state index in [1.54, 1.807) is 30.3 Å². The van der Waals surface area contributed by atoms with Crippen molar-refractivity contribution >= 4 is 28.6 Å². The first-order chi connectivity index (χ1) is 11.0. The van der Waals surface area contributed by atoms with Crippen molar-refractivity contribution in [2.75, 3.05) is 0 Å². The lowest BCUT2D eigenvalue weighted by atomic mass is 10.1. The van der Waals surface area contributed by atoms with Gasteiger partial charge in [0.1, 0.15) is 11.3 Å². The Bertz CT molecular complexity index is 977. The molecule has 114 valence electrons. The molecular weight excluding hydrogens is 300 g/mol. The van der Waals surface area contributed by atoms with Crippen molar-refractivity contribution in [2.45, 2.75) is 0 Å². The van der Waals surface area contributed by atoms with E-state index in [0.717, 1.165) is 0 Å². The van der Waals surface area contributed by atoms with Crippen LogP contribution in [-0.4, -0.2) is 15.0 Å². The van der Waals surface area contributed by atoms with Crippen molar-refractivity contribution in [1.82, 2.24) is 4.98 Å². The number of hydrogen-bond donors (Lipinski definition) is 1. The van der Waals surface area contributed by atoms with Crippen LogP contribution in [0.5, 0.6) is 0 Å². The first kappa shape index (κ1) is 14.5. The zero-order valence-electron chi connectivity index (χ0n) is 11.7. The Morgan fingerprint density at radius 3 is 2.65 bits per heavy atom. The lowest BCUT2D eigenvalue weighted by Gasteiger charge is -2.01. The van der Waals surface area contributed by atoms with Crippen molar-refractivity contribution in [2.24, 2.45) is 0 Å². The van der Waals surface area contributed by atoms with Crippen molar-refractivity contribution in [3.8, 4) is 0 Å². The van der Waals surface area contributed by atoms with E-state index in [-0.39, 0.29) is 28.2 Å². The van der Waals surface area contributed by atoms with E-state index in [4.69, 9.17) is 4.42 Å². The summed E-state index contributed by atoms with van der Waals surface area (Å²) in [5, 5.41) is 20.8. The lowest BCUT2D eigenvalue weighted by Crippen LogP contribution is -2.06. The summed E-state index contributed by atoms with van der Waals surface area (Å²) >= 11 is 0. The van der Waals surface area contributed by atoms with Gasteiger partial charge >= 0.3 is 5.63 Å². The monoisotopic (exact) mass is 310 g/mol. The summed E-state index contributed by atoms with van der Waals surface area (Å²) in [5.41, 5.74) is -0.245. The normalized spacial score (nSPS) is 11.6. The molecule has 0 saturated heterocycles. The van der Waals surface area contributed by atoms with Crippen LogP contribution in [0.4, 0.5) is 5.69 Å². The molecule has 3 aromatic rings. The largest absolute Gasteiger partial charge is 0.507 e. The van der Waals surface area contributed by atoms with Crippen LogP contribution in [0.15, 0.2) is 57.7 Å². The van der Waals surface area contributed by atoms with Crippen LogP contribution in [0.25, 0.3) is 22.9 Å². The average Bonchev–Trinajstić information content (AvgIpc) is 2.55. The fourth-order valence-corrected chi connectivity index (χ4v) is 2.03. The third kappa shape index (κ3) is 2.93. The van der Waals surface area contributed by atoms with Gasteiger partial charge in [-0.1, -0.05) is 30.3 Å². The topological polar surface area (TPSA) is 106 Å². The van der Waals surface area contributed by atoms with Crippen LogP contribution < -0.4 is 5.63 Å². The van der Waals surface area contributed by atoms with E-state index in [2.05, 4.69) is 4.98 Å². The highest BCUT2D eigenvalue weighted by Gasteiger charge is 2.11. The van der Waals surface area contributed by atoms with Crippen molar-refractivity contribution in [1.29, 1.82) is 0 Å². The molecule has 0 unspecified atom stereocenters. The number of benzene rings is 2. The lowest BCUT2D eigenvalue weighted by molar-refractivity contribution is -0.384. The molecular formula is C16H10N2O5. The molecule has 7 heteroatoms. The molecule has 1 heterocycles. The standard InChI is InChI=1S/C16H10N2O5/c19-14(10-4-2-1-3-5-10)9-13-16(20)23-15-7-6-11(18(21)22)8-12(15)17-13/h1-9,19H. The van der Waals surface area contributed by atoms with Gasteiger partial charge in [0.25, 0.3) is 5.69 Å². The number of aliphatic hydroxyl groups is 1. The first-order valence-corrected chi connectivity index (χ1v) is 6.60. The molecule has 0 aliphatic carbocycles. The zero-order valence-corrected chi connectivity index (χ0v) is 11.7. The third-order valence-corrected chi connectivity index (χ3v) is 3.15. The molecule has 3 rings (SSSR count). The minimum atomic E-state index is -0.742. The summed E-state index contributed by atoms with van der Waals surface area (Å²) in [6.07, 6.45) is 1.17. The molecule has 0 aliphatic rings. The van der Waals surface area contributed by atoms with E-state index in [0.29, 0.717) is 5.56 Å². The van der Waals surface area contributed by atoms with Gasteiger partial charge in [-0.15, -0.1) is 0 Å². The minimum absolute atomic E-state index is 0.136. The number of nitro groups is 1. The van der Waals surface area contributed by atoms with Gasteiger partial charge in [-0.3, -0.25) is 10.1 Å². The van der Waals surface area contributed by atoms with Crippen LogP contribution in [0.2, 0.25) is 0 Å². The summed E-state index contributed by atoms with van der Waals surface area (Å²) in [5.74, 6) is -0.157. The molecule has 1 aromatic heterocycles. The zero-order chi connectivity index (χ0) is 16.4. The minimum Gasteiger partial charge on any atom is -0.507 e. The van der Waals surface area contributed by atoms with Crippen LogP contribution in [-0.2, 0) is 0 Å². The SMILES string of the molecule is O=c1oc2ccc([N+](=O)[O-])cc2nc1C=C(O)c1ccccc1. The maximum absolute atomic E-state index is 11.9. The fraction of sp³-hybridized carbons (Fsp3) is 0. The second-order valence-electron chi connectivity index (χ2n) is 4.69.